The van der Waals surface area contributed by atoms with Crippen LogP contribution in [0.2, 0.25) is 0 Å². The van der Waals surface area contributed by atoms with E-state index in [0.717, 1.165) is 0 Å². The maximum absolute atomic E-state index is 13.8. The summed E-state index contributed by atoms with van der Waals surface area (Å²) >= 11 is 0. The van der Waals surface area contributed by atoms with E-state index < -0.39 is 41.5 Å². The summed E-state index contributed by atoms with van der Waals surface area (Å²) in [6, 6.07) is 11.1. The van der Waals surface area contributed by atoms with E-state index in [4.69, 9.17) is 14.2 Å². The number of hydrazone groups is 1. The molecule has 0 bridgehead atoms. The van der Waals surface area contributed by atoms with Crippen LogP contribution in [0.1, 0.15) is 21.5 Å². The van der Waals surface area contributed by atoms with Crippen molar-refractivity contribution in [3.05, 3.63) is 88.5 Å². The molecule has 0 saturated carbocycles. The van der Waals surface area contributed by atoms with Crippen LogP contribution in [0.5, 0.6) is 17.2 Å². The van der Waals surface area contributed by atoms with Gasteiger partial charge in [-0.05, 0) is 48.0 Å². The van der Waals surface area contributed by atoms with E-state index in [-0.39, 0.29) is 6.07 Å². The Morgan fingerprint density at radius 3 is 2.21 bits per heavy atom. The minimum atomic E-state index is -1.65. The maximum Gasteiger partial charge on any atom is 0.271 e. The predicted octanol–water partition coefficient (Wildman–Crippen LogP) is 4.60. The molecule has 10 heteroatoms. The number of carbonyl (C=O) groups is 1. The van der Waals surface area contributed by atoms with E-state index in [1.165, 1.54) is 32.6 Å². The first kappa shape index (κ1) is 23.6. The lowest BCUT2D eigenvalue weighted by Gasteiger charge is -2.12. The molecule has 1 N–H and O–H groups in total. The Labute approximate surface area is 186 Å². The molecule has 6 nitrogen and oxygen atoms in total. The lowest BCUT2D eigenvalue weighted by molar-refractivity contribution is 0.0955. The molecule has 0 unspecified atom stereocenters. The highest BCUT2D eigenvalue weighted by Crippen LogP contribution is 2.28. The molecule has 3 aromatic rings. The Bertz CT molecular complexity index is 1160. The maximum atomic E-state index is 13.8. The van der Waals surface area contributed by atoms with Gasteiger partial charge in [0.2, 0.25) is 11.6 Å². The molecular weight excluding hydrogens is 444 g/mol. The van der Waals surface area contributed by atoms with Crippen LogP contribution in [0.15, 0.2) is 53.6 Å². The van der Waals surface area contributed by atoms with Crippen LogP contribution in [0.25, 0.3) is 0 Å². The second-order valence-electron chi connectivity index (χ2n) is 6.58. The number of amides is 1. The molecule has 0 atom stereocenters. The molecule has 172 valence electrons. The summed E-state index contributed by atoms with van der Waals surface area (Å²) in [6.45, 7) is -0.459. The molecule has 3 rings (SSSR count). The van der Waals surface area contributed by atoms with E-state index in [2.05, 4.69) is 10.5 Å². The molecule has 0 aliphatic carbocycles. The van der Waals surface area contributed by atoms with Crippen LogP contribution in [0.4, 0.5) is 17.6 Å². The number of nitrogens with one attached hydrogen (secondary N) is 1. The third-order valence-corrected chi connectivity index (χ3v) is 4.48. The second kappa shape index (κ2) is 10.5. The fraction of sp³-hybridized carbons (Fsp3) is 0.130. The summed E-state index contributed by atoms with van der Waals surface area (Å²) in [7, 11) is 2.88. The number of hydrogen-bond acceptors (Lipinski definition) is 5. The van der Waals surface area contributed by atoms with Gasteiger partial charge in [-0.25, -0.2) is 14.2 Å². The van der Waals surface area contributed by atoms with Crippen molar-refractivity contribution in [1.29, 1.82) is 0 Å². The molecule has 0 aromatic heterocycles. The third-order valence-electron chi connectivity index (χ3n) is 4.48. The largest absolute Gasteiger partial charge is 0.497 e. The van der Waals surface area contributed by atoms with Crippen LogP contribution in [0, 0.1) is 23.3 Å². The number of halogens is 4. The van der Waals surface area contributed by atoms with Crippen LogP contribution >= 0.6 is 0 Å². The summed E-state index contributed by atoms with van der Waals surface area (Å²) in [5.41, 5.74) is 3.52. The second-order valence-corrected chi connectivity index (χ2v) is 6.58. The van der Waals surface area contributed by atoms with Gasteiger partial charge in [0.25, 0.3) is 5.91 Å². The molecular formula is C23H18F4N2O4. The monoisotopic (exact) mass is 462 g/mol. The molecule has 0 fully saturated rings. The van der Waals surface area contributed by atoms with Gasteiger partial charge in [-0.15, -0.1) is 0 Å². The lowest BCUT2D eigenvalue weighted by Crippen LogP contribution is -2.17. The molecule has 0 heterocycles. The van der Waals surface area contributed by atoms with Crippen molar-refractivity contribution in [2.75, 3.05) is 14.2 Å². The summed E-state index contributed by atoms with van der Waals surface area (Å²) in [5, 5.41) is 3.87. The van der Waals surface area contributed by atoms with Crippen molar-refractivity contribution in [1.82, 2.24) is 5.43 Å². The molecule has 0 aliphatic heterocycles. The van der Waals surface area contributed by atoms with Gasteiger partial charge in [0, 0.05) is 17.2 Å². The number of ether oxygens (including phenoxy) is 3. The highest BCUT2D eigenvalue weighted by Gasteiger charge is 2.21. The van der Waals surface area contributed by atoms with Gasteiger partial charge in [-0.1, -0.05) is 0 Å². The van der Waals surface area contributed by atoms with Gasteiger partial charge >= 0.3 is 0 Å². The zero-order valence-electron chi connectivity index (χ0n) is 17.5. The molecule has 1 amide bonds. The van der Waals surface area contributed by atoms with Crippen LogP contribution in [-0.2, 0) is 6.61 Å². The zero-order chi connectivity index (χ0) is 24.0. The van der Waals surface area contributed by atoms with Gasteiger partial charge in [-0.3, -0.25) is 4.79 Å². The Balaban J connectivity index is 1.72. The van der Waals surface area contributed by atoms with Crippen LogP contribution in [0.3, 0.4) is 0 Å². The van der Waals surface area contributed by atoms with E-state index in [0.29, 0.717) is 28.2 Å². The minimum absolute atomic E-state index is 0.0927. The van der Waals surface area contributed by atoms with Crippen molar-refractivity contribution in [3.63, 3.8) is 0 Å². The smallest absolute Gasteiger partial charge is 0.271 e. The lowest BCUT2D eigenvalue weighted by atomic mass is 10.1. The first-order chi connectivity index (χ1) is 15.8. The topological polar surface area (TPSA) is 69.2 Å². The van der Waals surface area contributed by atoms with Crippen molar-refractivity contribution in [3.8, 4) is 17.2 Å². The van der Waals surface area contributed by atoms with Gasteiger partial charge in [0.05, 0.1) is 20.4 Å². The van der Waals surface area contributed by atoms with Crippen molar-refractivity contribution in [2.24, 2.45) is 5.10 Å². The fourth-order valence-electron chi connectivity index (χ4n) is 2.79. The first-order valence-electron chi connectivity index (χ1n) is 9.44. The highest BCUT2D eigenvalue weighted by molar-refractivity contribution is 5.95. The van der Waals surface area contributed by atoms with Crippen LogP contribution in [-0.4, -0.2) is 26.3 Å². The molecule has 0 saturated heterocycles. The quantitative estimate of drug-likeness (QED) is 0.230. The summed E-state index contributed by atoms with van der Waals surface area (Å²) in [5.74, 6) is -7.19. The minimum Gasteiger partial charge on any atom is -0.497 e. The molecule has 0 radical (unpaired) electrons. The van der Waals surface area contributed by atoms with Gasteiger partial charge in [-0.2, -0.15) is 13.9 Å². The normalized spacial score (nSPS) is 10.8. The summed E-state index contributed by atoms with van der Waals surface area (Å²) in [6.07, 6.45) is 1.33. The van der Waals surface area contributed by atoms with E-state index >= 15 is 0 Å². The number of methoxy groups -OCH3 is 2. The van der Waals surface area contributed by atoms with Crippen molar-refractivity contribution >= 4 is 12.1 Å². The molecule has 3 aromatic carbocycles. The van der Waals surface area contributed by atoms with Crippen molar-refractivity contribution in [2.45, 2.75) is 6.61 Å². The summed E-state index contributed by atoms with van der Waals surface area (Å²) in [4.78, 5) is 12.1. The number of rotatable bonds is 8. The number of hydrogen-bond donors (Lipinski definition) is 1. The SMILES string of the molecule is COc1ccc(C(=O)NN=Cc2ccc(OC)c(COc3c(F)c(F)cc(F)c3F)c2)cc1. The number of carbonyl (C=O) groups excluding carboxylic acids is 1. The number of benzene rings is 3. The molecule has 0 spiro atoms. The third kappa shape index (κ3) is 5.59. The average Bonchev–Trinajstić information content (AvgIpc) is 2.83. The zero-order valence-corrected chi connectivity index (χ0v) is 17.5. The van der Waals surface area contributed by atoms with Gasteiger partial charge in [0.15, 0.2) is 17.4 Å². The van der Waals surface area contributed by atoms with E-state index in [1.807, 2.05) is 0 Å². The van der Waals surface area contributed by atoms with E-state index in [1.54, 1.807) is 30.3 Å². The Hall–Kier alpha value is -4.08. The van der Waals surface area contributed by atoms with Crippen molar-refractivity contribution < 1.29 is 36.6 Å². The fourth-order valence-corrected chi connectivity index (χ4v) is 2.79. The van der Waals surface area contributed by atoms with E-state index in [9.17, 15) is 22.4 Å². The number of nitrogens with zero attached hydrogens (tertiary/aromatic N) is 1. The van der Waals surface area contributed by atoms with Crippen LogP contribution < -0.4 is 19.6 Å². The molecule has 0 aliphatic rings. The summed E-state index contributed by atoms with van der Waals surface area (Å²) < 4.78 is 69.6. The first-order valence-corrected chi connectivity index (χ1v) is 9.44. The van der Waals surface area contributed by atoms with Gasteiger partial charge in [0.1, 0.15) is 18.1 Å². The standard InChI is InChI=1S/C23H18F4N2O4/c1-31-16-6-4-14(5-7-16)23(30)29-28-11-13-3-8-19(32-2)15(9-13)12-33-22-20(26)17(24)10-18(25)21(22)27/h3-11H,12H2,1-2H3,(H,29,30). The Morgan fingerprint density at radius 2 is 1.61 bits per heavy atom. The van der Waals surface area contributed by atoms with Gasteiger partial charge < -0.3 is 14.2 Å². The Kier molecular flexibility index (Phi) is 7.50. The average molecular weight is 462 g/mol. The Morgan fingerprint density at radius 1 is 0.939 bits per heavy atom. The predicted molar refractivity (Wildman–Crippen MR) is 112 cm³/mol. The highest BCUT2D eigenvalue weighted by atomic mass is 19.2. The molecule has 33 heavy (non-hydrogen) atoms.